The smallest absolute Gasteiger partial charge is 0.285 e. The van der Waals surface area contributed by atoms with Gasteiger partial charge in [-0.3, -0.25) is 5.43 Å². The van der Waals surface area contributed by atoms with Crippen molar-refractivity contribution in [1.82, 2.24) is 5.43 Å². The maximum atomic E-state index is 11.9. The first kappa shape index (κ1) is 15.0. The molecule has 2 aromatic rings. The van der Waals surface area contributed by atoms with Crippen LogP contribution in [0.25, 0.3) is 0 Å². The lowest BCUT2D eigenvalue weighted by Gasteiger charge is -2.03. The molecule has 1 aliphatic heterocycles. The van der Waals surface area contributed by atoms with Gasteiger partial charge in [0.1, 0.15) is 4.90 Å². The Hall–Kier alpha value is -2.87. The predicted octanol–water partition coefficient (Wildman–Crippen LogP) is 1.47. The molecule has 8 heteroatoms. The Morgan fingerprint density at radius 2 is 2.04 bits per heavy atom. The van der Waals surface area contributed by atoms with Crippen LogP contribution in [0.4, 0.5) is 0 Å². The van der Waals surface area contributed by atoms with Gasteiger partial charge >= 0.3 is 0 Å². The molecule has 0 bridgehead atoms. The second-order valence-corrected chi connectivity index (χ2v) is 6.28. The van der Waals surface area contributed by atoms with Crippen molar-refractivity contribution >= 4 is 22.1 Å². The van der Waals surface area contributed by atoms with Crippen molar-refractivity contribution in [2.75, 3.05) is 7.11 Å². The monoisotopic (exact) mass is 331 g/mol. The van der Waals surface area contributed by atoms with Crippen LogP contribution >= 0.6 is 0 Å². The van der Waals surface area contributed by atoms with Gasteiger partial charge in [-0.25, -0.2) is 0 Å². The van der Waals surface area contributed by atoms with E-state index >= 15 is 0 Å². The van der Waals surface area contributed by atoms with E-state index in [1.165, 1.54) is 25.5 Å². The van der Waals surface area contributed by atoms with Gasteiger partial charge in [0.05, 0.1) is 13.3 Å². The normalized spacial score (nSPS) is 15.3. The van der Waals surface area contributed by atoms with Gasteiger partial charge in [0.25, 0.3) is 10.0 Å². The Labute approximate surface area is 133 Å². The zero-order chi connectivity index (χ0) is 16.4. The Kier molecular flexibility index (Phi) is 3.75. The average Bonchev–Trinajstić information content (AvgIpc) is 2.80. The number of amidine groups is 1. The number of phenols is 1. The quantitative estimate of drug-likeness (QED) is 0.655. The fraction of sp³-hybridized carbons (Fsp3) is 0.0667. The summed E-state index contributed by atoms with van der Waals surface area (Å²) in [6.45, 7) is 0. The van der Waals surface area contributed by atoms with Gasteiger partial charge in [0, 0.05) is 5.56 Å². The molecular formula is C15H13N3O4S. The summed E-state index contributed by atoms with van der Waals surface area (Å²) >= 11 is 0. The molecule has 23 heavy (non-hydrogen) atoms. The van der Waals surface area contributed by atoms with E-state index in [1.54, 1.807) is 30.3 Å². The number of nitrogens with one attached hydrogen (secondary N) is 1. The third kappa shape index (κ3) is 2.88. The third-order valence-corrected chi connectivity index (χ3v) is 4.55. The van der Waals surface area contributed by atoms with Crippen molar-refractivity contribution in [1.29, 1.82) is 0 Å². The van der Waals surface area contributed by atoms with Crippen LogP contribution in [0, 0.1) is 0 Å². The van der Waals surface area contributed by atoms with E-state index < -0.39 is 10.0 Å². The second kappa shape index (κ2) is 5.73. The molecule has 2 aromatic carbocycles. The molecule has 0 radical (unpaired) electrons. The molecule has 0 spiro atoms. The van der Waals surface area contributed by atoms with Gasteiger partial charge < -0.3 is 9.84 Å². The van der Waals surface area contributed by atoms with E-state index in [0.29, 0.717) is 16.9 Å². The number of hydrogen-bond acceptors (Lipinski definition) is 6. The van der Waals surface area contributed by atoms with Gasteiger partial charge in [-0.2, -0.15) is 13.5 Å². The van der Waals surface area contributed by atoms with Crippen LogP contribution in [0.1, 0.15) is 11.1 Å². The van der Waals surface area contributed by atoms with Crippen molar-refractivity contribution in [3.8, 4) is 11.5 Å². The van der Waals surface area contributed by atoms with E-state index in [4.69, 9.17) is 4.74 Å². The highest BCUT2D eigenvalue weighted by atomic mass is 32.2. The van der Waals surface area contributed by atoms with Gasteiger partial charge in [-0.15, -0.1) is 4.40 Å². The third-order valence-electron chi connectivity index (χ3n) is 3.22. The van der Waals surface area contributed by atoms with Gasteiger partial charge in [0.2, 0.25) is 0 Å². The topological polar surface area (TPSA) is 100 Å². The maximum Gasteiger partial charge on any atom is 0.285 e. The molecule has 1 heterocycles. The summed E-state index contributed by atoms with van der Waals surface area (Å²) < 4.78 is 32.5. The van der Waals surface area contributed by atoms with Crippen molar-refractivity contribution < 1.29 is 18.3 Å². The number of hydrogen-bond donors (Lipinski definition) is 2. The summed E-state index contributed by atoms with van der Waals surface area (Å²) in [5, 5.41) is 13.5. The summed E-state index contributed by atoms with van der Waals surface area (Å²) in [6.07, 6.45) is 1.47. The minimum absolute atomic E-state index is 0.0257. The molecular weight excluding hydrogens is 318 g/mol. The highest BCUT2D eigenvalue weighted by Crippen LogP contribution is 2.26. The van der Waals surface area contributed by atoms with Crippen LogP contribution in [0.2, 0.25) is 0 Å². The molecule has 0 unspecified atom stereocenters. The number of nitrogens with zero attached hydrogens (tertiary/aromatic N) is 2. The van der Waals surface area contributed by atoms with Crippen LogP contribution in [-0.4, -0.2) is 32.7 Å². The van der Waals surface area contributed by atoms with Crippen LogP contribution in [0.3, 0.4) is 0 Å². The van der Waals surface area contributed by atoms with Crippen molar-refractivity contribution in [2.45, 2.75) is 4.90 Å². The molecule has 7 nitrogen and oxygen atoms in total. The van der Waals surface area contributed by atoms with E-state index in [-0.39, 0.29) is 16.5 Å². The number of methoxy groups -OCH3 is 1. The van der Waals surface area contributed by atoms with Crippen LogP contribution < -0.4 is 10.2 Å². The number of benzene rings is 2. The maximum absolute atomic E-state index is 11.9. The van der Waals surface area contributed by atoms with E-state index in [2.05, 4.69) is 14.9 Å². The molecule has 2 N–H and O–H groups in total. The number of rotatable bonds is 3. The Morgan fingerprint density at radius 3 is 2.83 bits per heavy atom. The molecule has 0 aromatic heterocycles. The lowest BCUT2D eigenvalue weighted by Crippen LogP contribution is -2.17. The number of sulfonamides is 1. The number of aromatic hydroxyl groups is 1. The molecule has 1 aliphatic rings. The van der Waals surface area contributed by atoms with E-state index in [0.717, 1.165) is 0 Å². The van der Waals surface area contributed by atoms with Crippen molar-refractivity contribution in [3.63, 3.8) is 0 Å². The molecule has 118 valence electrons. The first-order valence-electron chi connectivity index (χ1n) is 6.62. The largest absolute Gasteiger partial charge is 0.504 e. The Bertz CT molecular complexity index is 920. The molecule has 0 aliphatic carbocycles. The first-order valence-corrected chi connectivity index (χ1v) is 8.06. The molecule has 0 saturated carbocycles. The van der Waals surface area contributed by atoms with Crippen molar-refractivity contribution in [3.05, 3.63) is 53.6 Å². The number of hydrazone groups is 1. The second-order valence-electron chi connectivity index (χ2n) is 4.71. The number of fused-ring (bicyclic) bond motifs is 1. The minimum atomic E-state index is -3.67. The van der Waals surface area contributed by atoms with Gasteiger partial charge in [-0.05, 0) is 35.9 Å². The van der Waals surface area contributed by atoms with E-state index in [9.17, 15) is 13.5 Å². The Balaban J connectivity index is 1.82. The highest BCUT2D eigenvalue weighted by molar-refractivity contribution is 7.90. The van der Waals surface area contributed by atoms with Crippen molar-refractivity contribution in [2.24, 2.45) is 9.50 Å². The lowest BCUT2D eigenvalue weighted by atomic mass is 10.2. The molecule has 0 saturated heterocycles. The summed E-state index contributed by atoms with van der Waals surface area (Å²) in [4.78, 5) is 0.156. The summed E-state index contributed by atoms with van der Waals surface area (Å²) in [5.74, 6) is 0.514. The summed E-state index contributed by atoms with van der Waals surface area (Å²) in [6, 6.07) is 11.2. The Morgan fingerprint density at radius 1 is 1.26 bits per heavy atom. The van der Waals surface area contributed by atoms with Crippen LogP contribution in [-0.2, 0) is 10.0 Å². The van der Waals surface area contributed by atoms with Crippen LogP contribution in [0.5, 0.6) is 11.5 Å². The van der Waals surface area contributed by atoms with Crippen LogP contribution in [0.15, 0.2) is 56.9 Å². The average molecular weight is 331 g/mol. The summed E-state index contributed by atoms with van der Waals surface area (Å²) in [7, 11) is -2.22. The fourth-order valence-corrected chi connectivity index (χ4v) is 3.30. The predicted molar refractivity (Wildman–Crippen MR) is 85.6 cm³/mol. The molecule has 0 fully saturated rings. The first-order chi connectivity index (χ1) is 11.0. The number of ether oxygens (including phenoxy) is 1. The SMILES string of the molecule is COc1cc(C=NNC2=NS(=O)(=O)c3ccccc32)ccc1O. The zero-order valence-electron chi connectivity index (χ0n) is 12.1. The molecule has 3 rings (SSSR count). The highest BCUT2D eigenvalue weighted by Gasteiger charge is 2.28. The summed E-state index contributed by atoms with van der Waals surface area (Å²) in [5.41, 5.74) is 3.78. The fourth-order valence-electron chi connectivity index (χ4n) is 2.13. The van der Waals surface area contributed by atoms with E-state index in [1.807, 2.05) is 0 Å². The minimum Gasteiger partial charge on any atom is -0.504 e. The molecule has 0 atom stereocenters. The van der Waals surface area contributed by atoms with Gasteiger partial charge in [-0.1, -0.05) is 12.1 Å². The lowest BCUT2D eigenvalue weighted by molar-refractivity contribution is 0.373. The number of phenolic OH excluding ortho intramolecular Hbond substituents is 1. The zero-order valence-corrected chi connectivity index (χ0v) is 12.9. The standard InChI is InChI=1S/C15H13N3O4S/c1-22-13-8-10(6-7-12(13)19)9-16-17-15-11-4-2-3-5-14(11)23(20,21)18-15/h2-9,19H,1H3,(H,17,18). The molecule has 0 amide bonds. The van der Waals surface area contributed by atoms with Gasteiger partial charge in [0.15, 0.2) is 17.3 Å².